The molecule has 526 valence electrons. The Hall–Kier alpha value is -1.14. The highest BCUT2D eigenvalue weighted by Crippen LogP contribution is 2.21. The Morgan fingerprint density at radius 1 is 0.273 bits per heavy atom. The van der Waals surface area contributed by atoms with Crippen molar-refractivity contribution in [3.05, 3.63) is 0 Å². The number of nitrogens with one attached hydrogen (secondary N) is 1. The van der Waals surface area contributed by atoms with E-state index in [4.69, 9.17) is 4.74 Å². The van der Waals surface area contributed by atoms with Crippen LogP contribution in [0.3, 0.4) is 0 Å². The first kappa shape index (κ1) is 86.9. The number of hydrogen-bond donors (Lipinski definition) is 3. The van der Waals surface area contributed by atoms with E-state index in [0.717, 1.165) is 38.5 Å². The van der Waals surface area contributed by atoms with Gasteiger partial charge in [-0.25, -0.2) is 0 Å². The van der Waals surface area contributed by atoms with Crippen LogP contribution in [0.5, 0.6) is 0 Å². The fourth-order valence-electron chi connectivity index (χ4n) is 13.6. The van der Waals surface area contributed by atoms with Crippen LogP contribution < -0.4 is 5.32 Å². The normalized spacial score (nSPS) is 12.4. The fourth-order valence-corrected chi connectivity index (χ4v) is 13.6. The minimum atomic E-state index is -0.659. The maximum atomic E-state index is 12.6. The highest BCUT2D eigenvalue weighted by Gasteiger charge is 2.20. The number of carbonyl (C=O) groups excluding carboxylic acids is 2. The quantitative estimate of drug-likeness (QED) is 0.0417. The largest absolute Gasteiger partial charge is 0.466 e. The van der Waals surface area contributed by atoms with Crippen LogP contribution in [0.25, 0.3) is 0 Å². The Bertz CT molecular complexity index is 1290. The van der Waals surface area contributed by atoms with Crippen molar-refractivity contribution in [3.63, 3.8) is 0 Å². The lowest BCUT2D eigenvalue weighted by Crippen LogP contribution is -2.45. The summed E-state index contributed by atoms with van der Waals surface area (Å²) < 4.78 is 5.51. The van der Waals surface area contributed by atoms with Gasteiger partial charge < -0.3 is 20.3 Å². The topological polar surface area (TPSA) is 95.9 Å². The van der Waals surface area contributed by atoms with Crippen molar-refractivity contribution < 1.29 is 24.5 Å². The summed E-state index contributed by atoms with van der Waals surface area (Å²) in [6, 6.07) is -0.536. The molecule has 2 unspecified atom stereocenters. The molecular formula is C82H163NO5. The molecule has 0 aliphatic rings. The van der Waals surface area contributed by atoms with Crippen molar-refractivity contribution in [3.8, 4) is 0 Å². The highest BCUT2D eigenvalue weighted by molar-refractivity contribution is 5.76. The number of esters is 1. The van der Waals surface area contributed by atoms with E-state index in [1.165, 1.54) is 417 Å². The Balaban J connectivity index is 3.28. The van der Waals surface area contributed by atoms with Gasteiger partial charge in [0.1, 0.15) is 0 Å². The summed E-state index contributed by atoms with van der Waals surface area (Å²) in [5.41, 5.74) is 0. The van der Waals surface area contributed by atoms with Gasteiger partial charge >= 0.3 is 5.97 Å². The van der Waals surface area contributed by atoms with Crippen LogP contribution >= 0.6 is 0 Å². The molecule has 6 nitrogen and oxygen atoms in total. The molecule has 0 aromatic rings. The fraction of sp³-hybridized carbons (Fsp3) is 0.976. The van der Waals surface area contributed by atoms with Gasteiger partial charge in [-0.2, -0.15) is 0 Å². The van der Waals surface area contributed by atoms with Gasteiger partial charge in [-0.1, -0.05) is 450 Å². The molecule has 1 amide bonds. The number of ether oxygens (including phenoxy) is 1. The lowest BCUT2D eigenvalue weighted by molar-refractivity contribution is -0.143. The van der Waals surface area contributed by atoms with Gasteiger partial charge in [0.15, 0.2) is 0 Å². The molecule has 0 spiro atoms. The Labute approximate surface area is 553 Å². The third-order valence-corrected chi connectivity index (χ3v) is 19.9. The molecule has 88 heavy (non-hydrogen) atoms. The first-order valence-electron chi connectivity index (χ1n) is 41.3. The van der Waals surface area contributed by atoms with Gasteiger partial charge in [-0.3, -0.25) is 9.59 Å². The molecule has 0 radical (unpaired) electrons. The second-order valence-corrected chi connectivity index (χ2v) is 28.8. The van der Waals surface area contributed by atoms with Crippen molar-refractivity contribution in [2.75, 3.05) is 13.2 Å². The molecule has 6 heteroatoms. The second kappa shape index (κ2) is 78.3. The second-order valence-electron chi connectivity index (χ2n) is 28.8. The van der Waals surface area contributed by atoms with Crippen LogP contribution in [0.2, 0.25) is 0 Å². The summed E-state index contributed by atoms with van der Waals surface area (Å²) in [7, 11) is 0. The number of hydrogen-bond acceptors (Lipinski definition) is 5. The predicted octanol–water partition coefficient (Wildman–Crippen LogP) is 27.3. The molecule has 0 aromatic carbocycles. The standard InChI is InChI=1S/C82H163NO5/c1-3-5-7-9-11-13-15-17-19-20-44-47-50-54-58-62-66-70-74-80(85)79(78-84)83-81(86)75-71-67-63-59-55-51-48-45-42-40-38-36-34-32-30-28-26-24-22-21-23-25-27-29-31-33-35-37-39-41-43-46-49-53-57-61-65-69-73-77-88-82(87)76-72-68-64-60-56-52-18-16-14-12-10-8-6-4-2/h79-80,84-85H,3-78H2,1-2H3,(H,83,86). The summed E-state index contributed by atoms with van der Waals surface area (Å²) in [5.74, 6) is 0.00437. The van der Waals surface area contributed by atoms with E-state index in [1.54, 1.807) is 0 Å². The van der Waals surface area contributed by atoms with Gasteiger partial charge in [0, 0.05) is 12.8 Å². The van der Waals surface area contributed by atoms with E-state index in [0.29, 0.717) is 25.9 Å². The zero-order valence-electron chi connectivity index (χ0n) is 60.5. The molecule has 0 aliphatic heterocycles. The summed E-state index contributed by atoms with van der Waals surface area (Å²) in [6.07, 6.45) is 98.0. The number of unbranched alkanes of at least 4 members (excludes halogenated alkanes) is 68. The summed E-state index contributed by atoms with van der Waals surface area (Å²) in [4.78, 5) is 24.6. The molecule has 0 fully saturated rings. The predicted molar refractivity (Wildman–Crippen MR) is 389 cm³/mol. The molecule has 0 heterocycles. The number of amides is 1. The average Bonchev–Trinajstić information content (AvgIpc) is 3.56. The molecule has 0 aromatic heterocycles. The van der Waals surface area contributed by atoms with Crippen molar-refractivity contribution >= 4 is 11.9 Å². The molecule has 2 atom stereocenters. The van der Waals surface area contributed by atoms with Crippen LogP contribution in [0.4, 0.5) is 0 Å². The van der Waals surface area contributed by atoms with Crippen molar-refractivity contribution in [1.29, 1.82) is 0 Å². The van der Waals surface area contributed by atoms with Gasteiger partial charge in [0.25, 0.3) is 0 Å². The van der Waals surface area contributed by atoms with E-state index in [-0.39, 0.29) is 18.5 Å². The molecule has 0 bridgehead atoms. The average molecular weight is 1240 g/mol. The SMILES string of the molecule is CCCCCCCCCCCCCCCCCCCCC(O)C(CO)NC(=O)CCCCCCCCCCCCCCCCCCCCCCCCCCCCCCCCCCCCCCCCCOC(=O)CCCCCCCCCCCCCCCC. The van der Waals surface area contributed by atoms with Crippen LogP contribution in [0, 0.1) is 0 Å². The maximum absolute atomic E-state index is 12.6. The minimum Gasteiger partial charge on any atom is -0.466 e. The van der Waals surface area contributed by atoms with E-state index in [9.17, 15) is 19.8 Å². The maximum Gasteiger partial charge on any atom is 0.305 e. The van der Waals surface area contributed by atoms with Crippen LogP contribution in [-0.2, 0) is 14.3 Å². The van der Waals surface area contributed by atoms with Gasteiger partial charge in [-0.05, 0) is 25.7 Å². The smallest absolute Gasteiger partial charge is 0.305 e. The number of aliphatic hydroxyl groups is 2. The summed E-state index contributed by atoms with van der Waals surface area (Å²) in [6.45, 7) is 5.02. The number of rotatable bonds is 79. The van der Waals surface area contributed by atoms with Crippen LogP contribution in [0.1, 0.15) is 489 Å². The molecule has 3 N–H and O–H groups in total. The first-order valence-corrected chi connectivity index (χ1v) is 41.3. The van der Waals surface area contributed by atoms with E-state index < -0.39 is 12.1 Å². The van der Waals surface area contributed by atoms with Crippen molar-refractivity contribution in [2.24, 2.45) is 0 Å². The lowest BCUT2D eigenvalue weighted by atomic mass is 10.0. The Kier molecular flexibility index (Phi) is 77.3. The number of aliphatic hydroxyl groups excluding tert-OH is 2. The Morgan fingerprint density at radius 2 is 0.466 bits per heavy atom. The summed E-state index contributed by atoms with van der Waals surface area (Å²) >= 11 is 0. The molecule has 0 rings (SSSR count). The number of carbonyl (C=O) groups is 2. The van der Waals surface area contributed by atoms with Gasteiger partial charge in [0.2, 0.25) is 5.91 Å². The monoisotopic (exact) mass is 1240 g/mol. The van der Waals surface area contributed by atoms with Crippen LogP contribution in [0.15, 0.2) is 0 Å². The zero-order chi connectivity index (χ0) is 63.5. The lowest BCUT2D eigenvalue weighted by Gasteiger charge is -2.22. The van der Waals surface area contributed by atoms with Gasteiger partial charge in [0.05, 0.1) is 25.4 Å². The zero-order valence-corrected chi connectivity index (χ0v) is 60.5. The van der Waals surface area contributed by atoms with Crippen LogP contribution in [-0.4, -0.2) is 47.4 Å². The highest BCUT2D eigenvalue weighted by atomic mass is 16.5. The first-order chi connectivity index (χ1) is 43.5. The molecule has 0 saturated carbocycles. The third-order valence-electron chi connectivity index (χ3n) is 19.9. The summed E-state index contributed by atoms with van der Waals surface area (Å²) in [5, 5.41) is 23.4. The molecular weight excluding hydrogens is 1080 g/mol. The Morgan fingerprint density at radius 3 is 0.693 bits per heavy atom. The van der Waals surface area contributed by atoms with E-state index in [1.807, 2.05) is 0 Å². The minimum absolute atomic E-state index is 0.0234. The molecule has 0 aliphatic carbocycles. The van der Waals surface area contributed by atoms with E-state index >= 15 is 0 Å². The van der Waals surface area contributed by atoms with Crippen molar-refractivity contribution in [1.82, 2.24) is 5.32 Å². The molecule has 0 saturated heterocycles. The van der Waals surface area contributed by atoms with Crippen molar-refractivity contribution in [2.45, 2.75) is 501 Å². The third kappa shape index (κ3) is 73.9. The van der Waals surface area contributed by atoms with Gasteiger partial charge in [-0.15, -0.1) is 0 Å². The van der Waals surface area contributed by atoms with E-state index in [2.05, 4.69) is 19.2 Å².